The van der Waals surface area contributed by atoms with Crippen molar-refractivity contribution >= 4 is 39.1 Å². The second kappa shape index (κ2) is 8.15. The summed E-state index contributed by atoms with van der Waals surface area (Å²) in [5, 5.41) is 14.3. The number of aromatic nitrogens is 1. The highest BCUT2D eigenvalue weighted by Crippen LogP contribution is 2.43. The molecule has 0 saturated carbocycles. The Hall–Kier alpha value is -3.90. The molecule has 2 aliphatic heterocycles. The molecule has 2 saturated heterocycles. The van der Waals surface area contributed by atoms with Crippen LogP contribution in [-0.2, 0) is 14.3 Å². The number of ketones is 1. The van der Waals surface area contributed by atoms with Gasteiger partial charge in [0.05, 0.1) is 17.7 Å². The monoisotopic (exact) mass is 452 g/mol. The molecular formula is C28H24N2O4. The maximum absolute atomic E-state index is 13.4. The van der Waals surface area contributed by atoms with Crippen molar-refractivity contribution in [3.05, 3.63) is 89.6 Å². The fourth-order valence-electron chi connectivity index (χ4n) is 5.30. The summed E-state index contributed by atoms with van der Waals surface area (Å²) in [4.78, 5) is 31.5. The predicted molar refractivity (Wildman–Crippen MR) is 130 cm³/mol. The van der Waals surface area contributed by atoms with Gasteiger partial charge in [-0.25, -0.2) is 0 Å². The van der Waals surface area contributed by atoms with Crippen molar-refractivity contribution in [2.75, 3.05) is 13.2 Å². The molecule has 4 aromatic rings. The van der Waals surface area contributed by atoms with Crippen molar-refractivity contribution in [1.29, 1.82) is 0 Å². The topological polar surface area (TPSA) is 82.6 Å². The molecule has 0 spiro atoms. The molecule has 2 N–H and O–H groups in total. The summed E-state index contributed by atoms with van der Waals surface area (Å²) in [6, 6.07) is 20.6. The Balaban J connectivity index is 1.57. The van der Waals surface area contributed by atoms with Gasteiger partial charge in [-0.2, -0.15) is 0 Å². The molecule has 170 valence electrons. The summed E-state index contributed by atoms with van der Waals surface area (Å²) in [5.74, 6) is -1.43. The average Bonchev–Trinajstić information content (AvgIpc) is 3.59. The van der Waals surface area contributed by atoms with E-state index < -0.39 is 17.7 Å². The van der Waals surface area contributed by atoms with E-state index in [9.17, 15) is 14.7 Å². The molecule has 6 rings (SSSR count). The van der Waals surface area contributed by atoms with Crippen LogP contribution in [0.3, 0.4) is 0 Å². The number of carbonyl (C=O) groups is 2. The van der Waals surface area contributed by atoms with Crippen LogP contribution in [0.4, 0.5) is 0 Å². The highest BCUT2D eigenvalue weighted by Gasteiger charge is 2.47. The van der Waals surface area contributed by atoms with Crippen LogP contribution < -0.4 is 0 Å². The Labute approximate surface area is 196 Å². The lowest BCUT2D eigenvalue weighted by Crippen LogP contribution is -2.36. The minimum Gasteiger partial charge on any atom is -0.507 e. The smallest absolute Gasteiger partial charge is 0.295 e. The third-order valence-corrected chi connectivity index (χ3v) is 6.93. The molecule has 6 nitrogen and oxygen atoms in total. The molecule has 0 aliphatic carbocycles. The summed E-state index contributed by atoms with van der Waals surface area (Å²) >= 11 is 0. The normalized spacial score (nSPS) is 22.3. The number of nitrogens with one attached hydrogen (secondary N) is 1. The molecular weight excluding hydrogens is 428 g/mol. The predicted octanol–water partition coefficient (Wildman–Crippen LogP) is 4.92. The van der Waals surface area contributed by atoms with Gasteiger partial charge in [0.1, 0.15) is 5.76 Å². The largest absolute Gasteiger partial charge is 0.507 e. The molecule has 2 aliphatic rings. The number of fused-ring (bicyclic) bond motifs is 2. The van der Waals surface area contributed by atoms with Crippen LogP contribution in [0.25, 0.3) is 27.4 Å². The Bertz CT molecular complexity index is 1460. The minimum absolute atomic E-state index is 0.115. The molecule has 0 bridgehead atoms. The summed E-state index contributed by atoms with van der Waals surface area (Å²) in [6.07, 6.45) is 3.34. The Morgan fingerprint density at radius 1 is 1.00 bits per heavy atom. The Morgan fingerprint density at radius 2 is 1.76 bits per heavy atom. The molecule has 1 aromatic heterocycles. The highest BCUT2D eigenvalue weighted by atomic mass is 16.5. The Kier molecular flexibility index (Phi) is 4.96. The number of aliphatic hydroxyl groups is 1. The average molecular weight is 453 g/mol. The number of hydrogen-bond acceptors (Lipinski definition) is 4. The fourth-order valence-corrected chi connectivity index (χ4v) is 5.30. The molecule has 34 heavy (non-hydrogen) atoms. The first-order valence-corrected chi connectivity index (χ1v) is 11.6. The lowest BCUT2D eigenvalue weighted by atomic mass is 9.91. The van der Waals surface area contributed by atoms with Crippen molar-refractivity contribution < 1.29 is 19.4 Å². The molecule has 1 amide bonds. The van der Waals surface area contributed by atoms with Gasteiger partial charge in [-0.3, -0.25) is 9.59 Å². The van der Waals surface area contributed by atoms with Crippen LogP contribution in [0.5, 0.6) is 0 Å². The standard InChI is InChI=1S/C28H24N2O4/c31-26(22-15-29-23-13-4-3-11-20(22)23)24-25(21-12-5-8-17-7-1-2-10-19(17)21)30(28(33)27(24)32)16-18-9-6-14-34-18/h1-5,7-8,10-13,15,18,25,29,31H,6,9,14,16H2/b26-24+. The maximum atomic E-state index is 13.4. The van der Waals surface area contributed by atoms with Gasteiger partial charge in [-0.05, 0) is 35.2 Å². The van der Waals surface area contributed by atoms with Gasteiger partial charge in [0.15, 0.2) is 0 Å². The van der Waals surface area contributed by atoms with E-state index in [4.69, 9.17) is 4.74 Å². The van der Waals surface area contributed by atoms with E-state index in [1.807, 2.05) is 66.7 Å². The van der Waals surface area contributed by atoms with Crippen LogP contribution in [0.15, 0.2) is 78.5 Å². The summed E-state index contributed by atoms with van der Waals surface area (Å²) in [6.45, 7) is 0.964. The van der Waals surface area contributed by atoms with Gasteiger partial charge in [0.2, 0.25) is 0 Å². The van der Waals surface area contributed by atoms with Gasteiger partial charge in [-0.1, -0.05) is 60.7 Å². The van der Waals surface area contributed by atoms with E-state index >= 15 is 0 Å². The molecule has 6 heteroatoms. The molecule has 2 unspecified atom stereocenters. The number of benzene rings is 3. The van der Waals surface area contributed by atoms with Crippen molar-refractivity contribution in [2.45, 2.75) is 25.0 Å². The second-order valence-electron chi connectivity index (χ2n) is 8.90. The number of aromatic amines is 1. The highest BCUT2D eigenvalue weighted by molar-refractivity contribution is 6.47. The zero-order valence-corrected chi connectivity index (χ0v) is 18.5. The number of amides is 1. The lowest BCUT2D eigenvalue weighted by Gasteiger charge is -2.28. The maximum Gasteiger partial charge on any atom is 0.295 e. The van der Waals surface area contributed by atoms with E-state index in [1.165, 1.54) is 0 Å². The Morgan fingerprint density at radius 3 is 2.59 bits per heavy atom. The first-order chi connectivity index (χ1) is 16.6. The van der Waals surface area contributed by atoms with Gasteiger partial charge in [-0.15, -0.1) is 0 Å². The number of ether oxygens (including phenoxy) is 1. The lowest BCUT2D eigenvalue weighted by molar-refractivity contribution is -0.140. The second-order valence-corrected chi connectivity index (χ2v) is 8.90. The zero-order chi connectivity index (χ0) is 23.2. The number of aliphatic hydroxyl groups excluding tert-OH is 1. The van der Waals surface area contributed by atoms with Gasteiger partial charge >= 0.3 is 0 Å². The quantitative estimate of drug-likeness (QED) is 0.262. The van der Waals surface area contributed by atoms with Crippen molar-refractivity contribution in [2.24, 2.45) is 0 Å². The first-order valence-electron chi connectivity index (χ1n) is 11.6. The van der Waals surface area contributed by atoms with E-state index in [0.717, 1.165) is 40.1 Å². The number of para-hydroxylation sites is 1. The minimum atomic E-state index is -0.705. The zero-order valence-electron chi connectivity index (χ0n) is 18.5. The number of rotatable bonds is 4. The van der Waals surface area contributed by atoms with Crippen molar-refractivity contribution in [1.82, 2.24) is 9.88 Å². The fraction of sp³-hybridized carbons (Fsp3) is 0.214. The van der Waals surface area contributed by atoms with Crippen LogP contribution >= 0.6 is 0 Å². The molecule has 3 heterocycles. The summed E-state index contributed by atoms with van der Waals surface area (Å²) in [7, 11) is 0. The third-order valence-electron chi connectivity index (χ3n) is 6.93. The van der Waals surface area contributed by atoms with Gasteiger partial charge in [0.25, 0.3) is 11.7 Å². The number of hydrogen-bond donors (Lipinski definition) is 2. The molecule has 0 radical (unpaired) electrons. The number of Topliss-reactive ketones (excluding diaryl/α,β-unsaturated/α-hetero) is 1. The third kappa shape index (κ3) is 3.22. The van der Waals surface area contributed by atoms with Crippen molar-refractivity contribution in [3.63, 3.8) is 0 Å². The number of nitrogens with zero attached hydrogens (tertiary/aromatic N) is 1. The number of carbonyl (C=O) groups excluding carboxylic acids is 2. The van der Waals surface area contributed by atoms with E-state index in [-0.39, 0.29) is 17.4 Å². The molecule has 2 fully saturated rings. The summed E-state index contributed by atoms with van der Waals surface area (Å²) < 4.78 is 5.81. The van der Waals surface area contributed by atoms with Gasteiger partial charge < -0.3 is 19.7 Å². The molecule has 2 atom stereocenters. The van der Waals surface area contributed by atoms with Crippen LogP contribution in [0.2, 0.25) is 0 Å². The van der Waals surface area contributed by atoms with Crippen LogP contribution in [0.1, 0.15) is 30.0 Å². The van der Waals surface area contributed by atoms with E-state index in [0.29, 0.717) is 18.7 Å². The van der Waals surface area contributed by atoms with Gasteiger partial charge in [0, 0.05) is 35.8 Å². The van der Waals surface area contributed by atoms with Crippen LogP contribution in [0, 0.1) is 0 Å². The number of H-pyrrole nitrogens is 1. The SMILES string of the molecule is O=C1C(=O)N(CC2CCCO2)C(c2cccc3ccccc23)/C1=C(\O)c1c[nH]c2ccccc12. The van der Waals surface area contributed by atoms with Crippen LogP contribution in [-0.4, -0.2) is 45.9 Å². The molecule has 3 aromatic carbocycles. The summed E-state index contributed by atoms with van der Waals surface area (Å²) in [5.41, 5.74) is 2.29. The van der Waals surface area contributed by atoms with Crippen molar-refractivity contribution in [3.8, 4) is 0 Å². The van der Waals surface area contributed by atoms with E-state index in [1.54, 1.807) is 11.1 Å². The van der Waals surface area contributed by atoms with E-state index in [2.05, 4.69) is 4.98 Å². The first kappa shape index (κ1) is 20.7. The number of likely N-dealkylation sites (tertiary alicyclic amines) is 1.